The Bertz CT molecular complexity index is 431. The van der Waals surface area contributed by atoms with Gasteiger partial charge in [-0.2, -0.15) is 0 Å². The Morgan fingerprint density at radius 1 is 1.50 bits per heavy atom. The molecule has 0 amide bonds. The van der Waals surface area contributed by atoms with Gasteiger partial charge in [0, 0.05) is 12.5 Å². The van der Waals surface area contributed by atoms with E-state index in [2.05, 4.69) is 10.3 Å². The molecule has 2 rings (SSSR count). The Kier molecular flexibility index (Phi) is 2.10. The Labute approximate surface area is 83.0 Å². The van der Waals surface area contributed by atoms with Gasteiger partial charge in [-0.3, -0.25) is 0 Å². The number of hydrogen-bond acceptors (Lipinski definition) is 4. The van der Waals surface area contributed by atoms with Gasteiger partial charge in [-0.15, -0.1) is 5.10 Å². The van der Waals surface area contributed by atoms with E-state index >= 15 is 0 Å². The highest BCUT2D eigenvalue weighted by molar-refractivity contribution is 7.91. The van der Waals surface area contributed by atoms with Crippen molar-refractivity contribution in [3.8, 4) is 0 Å². The van der Waals surface area contributed by atoms with E-state index in [1.165, 1.54) is 6.26 Å². The summed E-state index contributed by atoms with van der Waals surface area (Å²) in [4.78, 5) is 0. The maximum atomic E-state index is 11.2. The van der Waals surface area contributed by atoms with E-state index in [4.69, 9.17) is 0 Å². The molecule has 1 fully saturated rings. The molecule has 0 aromatic carbocycles. The SMILES string of the molecule is Cc1cn([C@H]2C[C@@H](S(C)(=O)=O)C2)nn1. The van der Waals surface area contributed by atoms with Crippen LogP contribution in [0.4, 0.5) is 0 Å². The van der Waals surface area contributed by atoms with Crippen molar-refractivity contribution in [2.75, 3.05) is 6.26 Å². The molecule has 0 unspecified atom stereocenters. The third kappa shape index (κ3) is 1.66. The predicted octanol–water partition coefficient (Wildman–Crippen LogP) is 0.335. The van der Waals surface area contributed by atoms with Crippen molar-refractivity contribution in [3.63, 3.8) is 0 Å². The third-order valence-electron chi connectivity index (χ3n) is 2.67. The minimum absolute atomic E-state index is 0.183. The van der Waals surface area contributed by atoms with Crippen LogP contribution in [0.15, 0.2) is 6.20 Å². The summed E-state index contributed by atoms with van der Waals surface area (Å²) < 4.78 is 24.1. The molecule has 14 heavy (non-hydrogen) atoms. The number of aromatic nitrogens is 3. The topological polar surface area (TPSA) is 64.8 Å². The van der Waals surface area contributed by atoms with E-state index in [-0.39, 0.29) is 11.3 Å². The Morgan fingerprint density at radius 3 is 2.57 bits per heavy atom. The monoisotopic (exact) mass is 215 g/mol. The molecule has 1 aromatic heterocycles. The molecule has 1 heterocycles. The van der Waals surface area contributed by atoms with Crippen molar-refractivity contribution in [3.05, 3.63) is 11.9 Å². The number of hydrogen-bond donors (Lipinski definition) is 0. The van der Waals surface area contributed by atoms with Gasteiger partial charge in [0.15, 0.2) is 0 Å². The van der Waals surface area contributed by atoms with Crippen LogP contribution < -0.4 is 0 Å². The fourth-order valence-corrected chi connectivity index (χ4v) is 2.79. The summed E-state index contributed by atoms with van der Waals surface area (Å²) in [5, 5.41) is 7.61. The van der Waals surface area contributed by atoms with Gasteiger partial charge in [-0.05, 0) is 19.8 Å². The van der Waals surface area contributed by atoms with Crippen molar-refractivity contribution in [1.29, 1.82) is 0 Å². The Morgan fingerprint density at radius 2 is 2.14 bits per heavy atom. The van der Waals surface area contributed by atoms with Crippen LogP contribution in [0.25, 0.3) is 0 Å². The van der Waals surface area contributed by atoms with Crippen LogP contribution >= 0.6 is 0 Å². The standard InChI is InChI=1S/C8H13N3O2S/c1-6-5-11(10-9-6)7-3-8(4-7)14(2,12)13/h5,7-8H,3-4H2,1-2H3/t7-,8+. The predicted molar refractivity (Wildman–Crippen MR) is 51.7 cm³/mol. The minimum Gasteiger partial charge on any atom is -0.249 e. The first kappa shape index (κ1) is 9.64. The Hall–Kier alpha value is -0.910. The van der Waals surface area contributed by atoms with Crippen LogP contribution in [0.3, 0.4) is 0 Å². The molecule has 0 N–H and O–H groups in total. The second-order valence-electron chi connectivity index (χ2n) is 3.92. The average Bonchev–Trinajstić information content (AvgIpc) is 2.28. The molecule has 6 heteroatoms. The molecule has 78 valence electrons. The van der Waals surface area contributed by atoms with Crippen LogP contribution in [-0.2, 0) is 9.84 Å². The van der Waals surface area contributed by atoms with E-state index in [1.807, 2.05) is 13.1 Å². The van der Waals surface area contributed by atoms with Gasteiger partial charge in [-0.1, -0.05) is 5.21 Å². The van der Waals surface area contributed by atoms with Crippen molar-refractivity contribution < 1.29 is 8.42 Å². The second-order valence-corrected chi connectivity index (χ2v) is 6.24. The first-order valence-corrected chi connectivity index (χ1v) is 6.49. The third-order valence-corrected chi connectivity index (χ3v) is 4.27. The van der Waals surface area contributed by atoms with Gasteiger partial charge in [0.25, 0.3) is 0 Å². The second kappa shape index (κ2) is 3.05. The molecule has 0 bridgehead atoms. The lowest BCUT2D eigenvalue weighted by Gasteiger charge is -2.33. The van der Waals surface area contributed by atoms with Crippen LogP contribution in [0.1, 0.15) is 24.6 Å². The normalized spacial score (nSPS) is 27.3. The Balaban J connectivity index is 2.02. The molecule has 1 aliphatic rings. The van der Waals surface area contributed by atoms with Crippen molar-refractivity contribution in [1.82, 2.24) is 15.0 Å². The van der Waals surface area contributed by atoms with Crippen LogP contribution in [0, 0.1) is 6.92 Å². The molecular formula is C8H13N3O2S. The number of rotatable bonds is 2. The maximum absolute atomic E-state index is 11.2. The lowest BCUT2D eigenvalue weighted by molar-refractivity contribution is 0.286. The first-order chi connectivity index (χ1) is 6.47. The molecule has 0 spiro atoms. The van der Waals surface area contributed by atoms with Gasteiger partial charge >= 0.3 is 0 Å². The molecule has 1 aliphatic carbocycles. The van der Waals surface area contributed by atoms with Crippen molar-refractivity contribution in [2.45, 2.75) is 31.1 Å². The fraction of sp³-hybridized carbons (Fsp3) is 0.750. The molecule has 1 saturated carbocycles. The fourth-order valence-electron chi connectivity index (χ4n) is 1.65. The van der Waals surface area contributed by atoms with E-state index in [0.717, 1.165) is 5.69 Å². The zero-order chi connectivity index (χ0) is 10.3. The first-order valence-electron chi connectivity index (χ1n) is 4.54. The zero-order valence-electron chi connectivity index (χ0n) is 8.21. The van der Waals surface area contributed by atoms with Gasteiger partial charge in [0.05, 0.1) is 17.0 Å². The van der Waals surface area contributed by atoms with E-state index < -0.39 is 9.84 Å². The smallest absolute Gasteiger partial charge is 0.150 e. The maximum Gasteiger partial charge on any atom is 0.150 e. The quantitative estimate of drug-likeness (QED) is 0.713. The summed E-state index contributed by atoms with van der Waals surface area (Å²) in [5.74, 6) is 0. The summed E-state index contributed by atoms with van der Waals surface area (Å²) in [6.45, 7) is 1.87. The molecule has 0 radical (unpaired) electrons. The lowest BCUT2D eigenvalue weighted by atomic mass is 9.92. The summed E-state index contributed by atoms with van der Waals surface area (Å²) in [5.41, 5.74) is 0.868. The largest absolute Gasteiger partial charge is 0.249 e. The van der Waals surface area contributed by atoms with Gasteiger partial charge in [-0.25, -0.2) is 13.1 Å². The summed E-state index contributed by atoms with van der Waals surface area (Å²) in [6.07, 6.45) is 4.48. The summed E-state index contributed by atoms with van der Waals surface area (Å²) in [7, 11) is -2.86. The number of nitrogens with zero attached hydrogens (tertiary/aromatic N) is 3. The number of sulfone groups is 1. The molecule has 5 nitrogen and oxygen atoms in total. The van der Waals surface area contributed by atoms with Gasteiger partial charge in [0.1, 0.15) is 9.84 Å². The minimum atomic E-state index is -2.86. The lowest BCUT2D eigenvalue weighted by Crippen LogP contribution is -2.37. The van der Waals surface area contributed by atoms with Crippen LogP contribution in [-0.4, -0.2) is 34.9 Å². The molecule has 0 saturated heterocycles. The van der Waals surface area contributed by atoms with Gasteiger partial charge in [0.2, 0.25) is 0 Å². The van der Waals surface area contributed by atoms with Gasteiger partial charge < -0.3 is 0 Å². The highest BCUT2D eigenvalue weighted by atomic mass is 32.2. The van der Waals surface area contributed by atoms with E-state index in [1.54, 1.807) is 4.68 Å². The molecule has 1 aromatic rings. The van der Waals surface area contributed by atoms with Crippen LogP contribution in [0.2, 0.25) is 0 Å². The molecule has 0 atom stereocenters. The highest BCUT2D eigenvalue weighted by Gasteiger charge is 2.37. The zero-order valence-corrected chi connectivity index (χ0v) is 9.03. The van der Waals surface area contributed by atoms with Crippen LogP contribution in [0.5, 0.6) is 0 Å². The molecule has 0 aliphatic heterocycles. The van der Waals surface area contributed by atoms with Crippen molar-refractivity contribution >= 4 is 9.84 Å². The van der Waals surface area contributed by atoms with E-state index in [0.29, 0.717) is 12.8 Å². The molecular weight excluding hydrogens is 202 g/mol. The average molecular weight is 215 g/mol. The summed E-state index contributed by atoms with van der Waals surface area (Å²) >= 11 is 0. The highest BCUT2D eigenvalue weighted by Crippen LogP contribution is 2.35. The van der Waals surface area contributed by atoms with Crippen molar-refractivity contribution in [2.24, 2.45) is 0 Å². The number of aryl methyl sites for hydroxylation is 1. The summed E-state index contributed by atoms with van der Waals surface area (Å²) in [6, 6.07) is 0.218. The van der Waals surface area contributed by atoms with E-state index in [9.17, 15) is 8.42 Å².